The molecular formula is C15H17F2NO3. The number of ether oxygens (including phenoxy) is 2. The zero-order valence-corrected chi connectivity index (χ0v) is 12.1. The Morgan fingerprint density at radius 3 is 2.38 bits per heavy atom. The van der Waals surface area contributed by atoms with Crippen LogP contribution in [-0.2, 0) is 9.47 Å². The first-order valence-corrected chi connectivity index (χ1v) is 6.52. The highest BCUT2D eigenvalue weighted by molar-refractivity contribution is 5.73. The lowest BCUT2D eigenvalue weighted by molar-refractivity contribution is 0.0543. The van der Waals surface area contributed by atoms with Crippen LogP contribution in [0, 0.1) is 11.6 Å². The lowest BCUT2D eigenvalue weighted by atomic mass is 10.1. The van der Waals surface area contributed by atoms with E-state index >= 15 is 0 Å². The number of amides is 1. The zero-order valence-electron chi connectivity index (χ0n) is 12.1. The van der Waals surface area contributed by atoms with Crippen LogP contribution in [0.4, 0.5) is 13.6 Å². The summed E-state index contributed by atoms with van der Waals surface area (Å²) in [7, 11) is 0. The summed E-state index contributed by atoms with van der Waals surface area (Å²) < 4.78 is 36.6. The normalized spacial score (nSPS) is 18.3. The SMILES string of the molecule is CC(C)(C)OC(=O)NC(=Cc1cc(F)cc(F)c1)[C@@H]1CO1. The molecule has 1 aromatic rings. The van der Waals surface area contributed by atoms with E-state index in [-0.39, 0.29) is 6.10 Å². The monoisotopic (exact) mass is 297 g/mol. The van der Waals surface area contributed by atoms with E-state index in [2.05, 4.69) is 5.32 Å². The second-order valence-corrected chi connectivity index (χ2v) is 5.75. The Hall–Kier alpha value is -1.95. The molecule has 4 nitrogen and oxygen atoms in total. The molecule has 1 aromatic carbocycles. The number of hydrogen-bond acceptors (Lipinski definition) is 3. The van der Waals surface area contributed by atoms with Crippen molar-refractivity contribution in [1.82, 2.24) is 5.32 Å². The molecule has 0 bridgehead atoms. The van der Waals surface area contributed by atoms with Gasteiger partial charge in [-0.25, -0.2) is 13.6 Å². The molecule has 1 aliphatic heterocycles. The quantitative estimate of drug-likeness (QED) is 0.871. The van der Waals surface area contributed by atoms with E-state index in [1.54, 1.807) is 20.8 Å². The van der Waals surface area contributed by atoms with Gasteiger partial charge in [0.15, 0.2) is 0 Å². The molecule has 0 radical (unpaired) electrons. The average Bonchev–Trinajstić information content (AvgIpc) is 3.06. The van der Waals surface area contributed by atoms with Gasteiger partial charge < -0.3 is 9.47 Å². The van der Waals surface area contributed by atoms with Crippen molar-refractivity contribution in [3.63, 3.8) is 0 Å². The molecule has 6 heteroatoms. The van der Waals surface area contributed by atoms with Crippen molar-refractivity contribution in [2.24, 2.45) is 0 Å². The molecule has 21 heavy (non-hydrogen) atoms. The summed E-state index contributed by atoms with van der Waals surface area (Å²) in [5, 5.41) is 2.55. The Bertz CT molecular complexity index is 555. The molecule has 114 valence electrons. The van der Waals surface area contributed by atoms with Crippen molar-refractivity contribution in [1.29, 1.82) is 0 Å². The fraction of sp³-hybridized carbons (Fsp3) is 0.400. The first kappa shape index (κ1) is 15.4. The Balaban J connectivity index is 2.15. The number of carbonyl (C=O) groups is 1. The van der Waals surface area contributed by atoms with Gasteiger partial charge in [0, 0.05) is 6.07 Å². The Morgan fingerprint density at radius 2 is 1.90 bits per heavy atom. The van der Waals surface area contributed by atoms with Gasteiger partial charge in [-0.1, -0.05) is 0 Å². The molecule has 1 atom stereocenters. The highest BCUT2D eigenvalue weighted by Crippen LogP contribution is 2.21. The molecule has 0 unspecified atom stereocenters. The largest absolute Gasteiger partial charge is 0.444 e. The van der Waals surface area contributed by atoms with Gasteiger partial charge in [-0.05, 0) is 44.5 Å². The van der Waals surface area contributed by atoms with Crippen LogP contribution >= 0.6 is 0 Å². The second-order valence-electron chi connectivity index (χ2n) is 5.75. The highest BCUT2D eigenvalue weighted by atomic mass is 19.1. The maximum Gasteiger partial charge on any atom is 0.411 e. The minimum atomic E-state index is -0.686. The van der Waals surface area contributed by atoms with E-state index in [1.807, 2.05) is 0 Å². The highest BCUT2D eigenvalue weighted by Gasteiger charge is 2.30. The van der Waals surface area contributed by atoms with E-state index in [9.17, 15) is 13.6 Å². The lowest BCUT2D eigenvalue weighted by Crippen LogP contribution is -2.33. The average molecular weight is 297 g/mol. The number of benzene rings is 1. The number of nitrogens with one attached hydrogen (secondary N) is 1. The Morgan fingerprint density at radius 1 is 1.33 bits per heavy atom. The van der Waals surface area contributed by atoms with Gasteiger partial charge in [0.2, 0.25) is 0 Å². The van der Waals surface area contributed by atoms with Crippen LogP contribution in [0.1, 0.15) is 26.3 Å². The summed E-state index contributed by atoms with van der Waals surface area (Å²) in [5.41, 5.74) is 0.0770. The van der Waals surface area contributed by atoms with Crippen LogP contribution in [0.2, 0.25) is 0 Å². The molecular weight excluding hydrogens is 280 g/mol. The van der Waals surface area contributed by atoms with E-state index < -0.39 is 23.3 Å². The molecule has 0 spiro atoms. The maximum absolute atomic E-state index is 13.2. The van der Waals surface area contributed by atoms with Crippen LogP contribution < -0.4 is 5.32 Å². The molecule has 1 heterocycles. The predicted molar refractivity (Wildman–Crippen MR) is 73.4 cm³/mol. The first-order chi connectivity index (χ1) is 9.73. The maximum atomic E-state index is 13.2. The minimum Gasteiger partial charge on any atom is -0.444 e. The number of halogens is 2. The van der Waals surface area contributed by atoms with E-state index in [4.69, 9.17) is 9.47 Å². The van der Waals surface area contributed by atoms with Crippen molar-refractivity contribution in [3.05, 3.63) is 41.1 Å². The minimum absolute atomic E-state index is 0.288. The summed E-state index contributed by atoms with van der Waals surface area (Å²) in [6.07, 6.45) is 0.540. The van der Waals surface area contributed by atoms with Gasteiger partial charge in [0.05, 0.1) is 12.3 Å². The Kier molecular flexibility index (Phi) is 4.27. The van der Waals surface area contributed by atoms with Crippen molar-refractivity contribution < 1.29 is 23.0 Å². The summed E-state index contributed by atoms with van der Waals surface area (Å²) in [4.78, 5) is 11.7. The van der Waals surface area contributed by atoms with Crippen molar-refractivity contribution in [2.45, 2.75) is 32.5 Å². The zero-order chi connectivity index (χ0) is 15.6. The van der Waals surface area contributed by atoms with Crippen molar-refractivity contribution in [2.75, 3.05) is 6.61 Å². The van der Waals surface area contributed by atoms with Crippen LogP contribution in [0.15, 0.2) is 23.9 Å². The number of epoxide rings is 1. The summed E-state index contributed by atoms with van der Waals surface area (Å²) >= 11 is 0. The molecule has 2 rings (SSSR count). The fourth-order valence-electron chi connectivity index (χ4n) is 1.70. The standard InChI is InChI=1S/C15H17F2NO3/c1-15(2,3)21-14(19)18-12(13-8-20-13)6-9-4-10(16)7-11(17)5-9/h4-7,13H,8H2,1-3H3,(H,18,19)/t13-/m0/s1. The van der Waals surface area contributed by atoms with Crippen LogP contribution in [0.25, 0.3) is 6.08 Å². The number of rotatable bonds is 3. The van der Waals surface area contributed by atoms with Gasteiger partial charge in [-0.2, -0.15) is 0 Å². The van der Waals surface area contributed by atoms with Gasteiger partial charge >= 0.3 is 6.09 Å². The fourth-order valence-corrected chi connectivity index (χ4v) is 1.70. The lowest BCUT2D eigenvalue weighted by Gasteiger charge is -2.20. The van der Waals surface area contributed by atoms with Crippen LogP contribution in [0.3, 0.4) is 0 Å². The summed E-state index contributed by atoms with van der Waals surface area (Å²) in [6.45, 7) is 5.67. The molecule has 1 N–H and O–H groups in total. The number of carbonyl (C=O) groups excluding carboxylic acids is 1. The summed E-state index contributed by atoms with van der Waals surface area (Å²) in [5.74, 6) is -1.37. The molecule has 1 saturated heterocycles. The van der Waals surface area contributed by atoms with Gasteiger partial charge in [-0.3, -0.25) is 5.32 Å². The molecule has 1 amide bonds. The van der Waals surface area contributed by atoms with E-state index in [0.717, 1.165) is 6.07 Å². The van der Waals surface area contributed by atoms with Gasteiger partial charge in [0.1, 0.15) is 23.3 Å². The molecule has 1 fully saturated rings. The van der Waals surface area contributed by atoms with Crippen LogP contribution in [-0.4, -0.2) is 24.4 Å². The third kappa shape index (κ3) is 5.15. The smallest absolute Gasteiger partial charge is 0.411 e. The summed E-state index contributed by atoms with van der Waals surface area (Å²) in [6, 6.07) is 3.12. The Labute approximate surface area is 121 Å². The topological polar surface area (TPSA) is 50.9 Å². The molecule has 0 aliphatic carbocycles. The van der Waals surface area contributed by atoms with Crippen molar-refractivity contribution in [3.8, 4) is 0 Å². The third-order valence-electron chi connectivity index (χ3n) is 2.53. The van der Waals surface area contributed by atoms with E-state index in [0.29, 0.717) is 17.9 Å². The first-order valence-electron chi connectivity index (χ1n) is 6.52. The third-order valence-corrected chi connectivity index (χ3v) is 2.53. The number of hydrogen-bond donors (Lipinski definition) is 1. The van der Waals surface area contributed by atoms with Gasteiger partial charge in [-0.15, -0.1) is 0 Å². The molecule has 0 saturated carbocycles. The van der Waals surface area contributed by atoms with Gasteiger partial charge in [0.25, 0.3) is 0 Å². The predicted octanol–water partition coefficient (Wildman–Crippen LogP) is 3.23. The van der Waals surface area contributed by atoms with Crippen LogP contribution in [0.5, 0.6) is 0 Å². The number of alkyl carbamates (subject to hydrolysis) is 1. The molecule has 0 aromatic heterocycles. The molecule has 1 aliphatic rings. The van der Waals surface area contributed by atoms with E-state index in [1.165, 1.54) is 18.2 Å². The van der Waals surface area contributed by atoms with Crippen molar-refractivity contribution >= 4 is 12.2 Å². The second kappa shape index (κ2) is 5.81.